The number of likely N-dealkylation sites (N-methyl/N-ethyl adjacent to an activating group) is 1. The molecule has 1 aromatic carbocycles. The molecular formula is C14H21ClN2O3S. The molecule has 0 bridgehead atoms. The smallest absolute Gasteiger partial charge is 0.244 e. The molecule has 7 heteroatoms. The maximum Gasteiger partial charge on any atom is 0.244 e. The molecule has 1 unspecified atom stereocenters. The third-order valence-electron chi connectivity index (χ3n) is 3.75. The van der Waals surface area contributed by atoms with E-state index in [2.05, 4.69) is 4.90 Å². The molecule has 0 amide bonds. The van der Waals surface area contributed by atoms with E-state index in [1.807, 2.05) is 14.0 Å². The van der Waals surface area contributed by atoms with Gasteiger partial charge in [0.05, 0.1) is 11.6 Å². The van der Waals surface area contributed by atoms with E-state index in [1.54, 1.807) is 6.07 Å². The maximum absolute atomic E-state index is 12.9. The van der Waals surface area contributed by atoms with Crippen LogP contribution in [-0.2, 0) is 16.6 Å². The summed E-state index contributed by atoms with van der Waals surface area (Å²) in [5.74, 6) is 0. The number of rotatable bonds is 3. The normalized spacial score (nSPS) is 22.2. The molecule has 1 heterocycles. The summed E-state index contributed by atoms with van der Waals surface area (Å²) in [6.07, 6.45) is 0.789. The Bertz CT molecular complexity index is 606. The molecular weight excluding hydrogens is 312 g/mol. The topological polar surface area (TPSA) is 60.9 Å². The largest absolute Gasteiger partial charge is 0.392 e. The van der Waals surface area contributed by atoms with Gasteiger partial charge in [-0.25, -0.2) is 8.42 Å². The van der Waals surface area contributed by atoms with Crippen molar-refractivity contribution in [3.8, 4) is 0 Å². The Hall–Kier alpha value is -0.660. The Morgan fingerprint density at radius 1 is 1.38 bits per heavy atom. The van der Waals surface area contributed by atoms with E-state index in [1.165, 1.54) is 16.4 Å². The van der Waals surface area contributed by atoms with Crippen molar-refractivity contribution in [2.24, 2.45) is 0 Å². The van der Waals surface area contributed by atoms with Gasteiger partial charge in [0.2, 0.25) is 10.0 Å². The highest BCUT2D eigenvalue weighted by atomic mass is 35.5. The van der Waals surface area contributed by atoms with Crippen LogP contribution in [0, 0.1) is 0 Å². The number of benzene rings is 1. The average molecular weight is 333 g/mol. The predicted octanol–water partition coefficient (Wildman–Crippen LogP) is 1.55. The van der Waals surface area contributed by atoms with Gasteiger partial charge in [-0.05, 0) is 44.6 Å². The van der Waals surface area contributed by atoms with Gasteiger partial charge in [-0.2, -0.15) is 4.31 Å². The zero-order chi connectivity index (χ0) is 15.6. The van der Waals surface area contributed by atoms with Gasteiger partial charge in [0.25, 0.3) is 0 Å². The standard InChI is InChI=1S/C14H21ClN2O3S/c1-11-9-16(2)6-3-7-17(11)21(19,20)14-8-12(10-18)4-5-13(14)15/h4-5,8,11,18H,3,6-7,9-10H2,1-2H3. The summed E-state index contributed by atoms with van der Waals surface area (Å²) in [5.41, 5.74) is 0.539. The summed E-state index contributed by atoms with van der Waals surface area (Å²) in [4.78, 5) is 2.21. The zero-order valence-electron chi connectivity index (χ0n) is 12.3. The monoisotopic (exact) mass is 332 g/mol. The summed E-state index contributed by atoms with van der Waals surface area (Å²) in [7, 11) is -1.67. The van der Waals surface area contributed by atoms with Crippen LogP contribution in [0.4, 0.5) is 0 Å². The van der Waals surface area contributed by atoms with Gasteiger partial charge in [-0.3, -0.25) is 0 Å². The van der Waals surface area contributed by atoms with Crippen molar-refractivity contribution in [2.75, 3.05) is 26.7 Å². The molecule has 0 aromatic heterocycles. The van der Waals surface area contributed by atoms with Gasteiger partial charge >= 0.3 is 0 Å². The number of sulfonamides is 1. The molecule has 1 saturated heterocycles. The van der Waals surface area contributed by atoms with E-state index in [4.69, 9.17) is 11.6 Å². The van der Waals surface area contributed by atoms with Crippen LogP contribution >= 0.6 is 11.6 Å². The van der Waals surface area contributed by atoms with Crippen molar-refractivity contribution in [1.29, 1.82) is 0 Å². The number of halogens is 1. The summed E-state index contributed by atoms with van der Waals surface area (Å²) in [6, 6.07) is 4.49. The van der Waals surface area contributed by atoms with Crippen molar-refractivity contribution >= 4 is 21.6 Å². The lowest BCUT2D eigenvalue weighted by Crippen LogP contribution is -2.42. The van der Waals surface area contributed by atoms with Crippen molar-refractivity contribution in [3.63, 3.8) is 0 Å². The SMILES string of the molecule is CC1CN(C)CCCN1S(=O)(=O)c1cc(CO)ccc1Cl. The second-order valence-electron chi connectivity index (χ2n) is 5.50. The fourth-order valence-corrected chi connectivity index (χ4v) is 4.86. The Balaban J connectivity index is 2.41. The fourth-order valence-electron chi connectivity index (χ4n) is 2.68. The van der Waals surface area contributed by atoms with Crippen LogP contribution in [0.2, 0.25) is 5.02 Å². The van der Waals surface area contributed by atoms with Crippen LogP contribution in [0.1, 0.15) is 18.9 Å². The lowest BCUT2D eigenvalue weighted by molar-refractivity contribution is 0.281. The highest BCUT2D eigenvalue weighted by molar-refractivity contribution is 7.89. The number of hydrogen-bond donors (Lipinski definition) is 1. The first-order valence-electron chi connectivity index (χ1n) is 6.96. The van der Waals surface area contributed by atoms with E-state index < -0.39 is 10.0 Å². The minimum absolute atomic E-state index is 0.0760. The predicted molar refractivity (Wildman–Crippen MR) is 82.8 cm³/mol. The summed E-state index contributed by atoms with van der Waals surface area (Å²) >= 11 is 6.08. The Morgan fingerprint density at radius 3 is 2.76 bits per heavy atom. The second kappa shape index (κ2) is 6.62. The average Bonchev–Trinajstić information content (AvgIpc) is 2.60. The third kappa shape index (κ3) is 3.57. The van der Waals surface area contributed by atoms with Gasteiger partial charge in [-0.1, -0.05) is 17.7 Å². The van der Waals surface area contributed by atoms with Crippen molar-refractivity contribution in [1.82, 2.24) is 9.21 Å². The van der Waals surface area contributed by atoms with E-state index in [9.17, 15) is 13.5 Å². The van der Waals surface area contributed by atoms with Gasteiger partial charge in [-0.15, -0.1) is 0 Å². The first kappa shape index (κ1) is 16.7. The maximum atomic E-state index is 12.9. The highest BCUT2D eigenvalue weighted by Gasteiger charge is 2.32. The number of hydrogen-bond acceptors (Lipinski definition) is 4. The molecule has 1 atom stereocenters. The summed E-state index contributed by atoms with van der Waals surface area (Å²) < 4.78 is 27.3. The first-order valence-corrected chi connectivity index (χ1v) is 8.77. The summed E-state index contributed by atoms with van der Waals surface area (Å²) in [6.45, 7) is 3.74. The van der Waals surface area contributed by atoms with E-state index in [0.29, 0.717) is 18.7 Å². The lowest BCUT2D eigenvalue weighted by Gasteiger charge is -2.27. The Labute approximate surface area is 131 Å². The molecule has 1 N–H and O–H groups in total. The van der Waals surface area contributed by atoms with Gasteiger partial charge in [0.1, 0.15) is 4.90 Å². The molecule has 1 aromatic rings. The van der Waals surface area contributed by atoms with Gasteiger partial charge in [0.15, 0.2) is 0 Å². The minimum Gasteiger partial charge on any atom is -0.392 e. The Morgan fingerprint density at radius 2 is 2.10 bits per heavy atom. The minimum atomic E-state index is -3.66. The zero-order valence-corrected chi connectivity index (χ0v) is 13.9. The molecule has 2 rings (SSSR count). The molecule has 21 heavy (non-hydrogen) atoms. The molecule has 1 aliphatic rings. The lowest BCUT2D eigenvalue weighted by atomic mass is 10.2. The Kier molecular flexibility index (Phi) is 5.27. The van der Waals surface area contributed by atoms with E-state index in [-0.39, 0.29) is 22.6 Å². The molecule has 1 aliphatic heterocycles. The van der Waals surface area contributed by atoms with Crippen molar-refractivity contribution in [2.45, 2.75) is 30.9 Å². The van der Waals surface area contributed by atoms with Crippen molar-refractivity contribution in [3.05, 3.63) is 28.8 Å². The second-order valence-corrected chi connectivity index (χ2v) is 7.77. The van der Waals surface area contributed by atoms with Gasteiger partial charge < -0.3 is 10.0 Å². The molecule has 0 aliphatic carbocycles. The molecule has 118 valence electrons. The molecule has 1 fully saturated rings. The van der Waals surface area contributed by atoms with Crippen LogP contribution < -0.4 is 0 Å². The van der Waals surface area contributed by atoms with E-state index in [0.717, 1.165) is 13.0 Å². The van der Waals surface area contributed by atoms with Gasteiger partial charge in [0, 0.05) is 19.1 Å². The highest BCUT2D eigenvalue weighted by Crippen LogP contribution is 2.28. The fraction of sp³-hybridized carbons (Fsp3) is 0.571. The van der Waals surface area contributed by atoms with Crippen molar-refractivity contribution < 1.29 is 13.5 Å². The third-order valence-corrected chi connectivity index (χ3v) is 6.25. The van der Waals surface area contributed by atoms with Crippen LogP contribution in [-0.4, -0.2) is 55.5 Å². The quantitative estimate of drug-likeness (QED) is 0.912. The van der Waals surface area contributed by atoms with Crippen LogP contribution in [0.3, 0.4) is 0 Å². The van der Waals surface area contributed by atoms with Crippen LogP contribution in [0.5, 0.6) is 0 Å². The molecule has 0 spiro atoms. The summed E-state index contributed by atoms with van der Waals surface area (Å²) in [5, 5.41) is 9.39. The number of aliphatic hydroxyl groups excluding tert-OH is 1. The van der Waals surface area contributed by atoms with Crippen LogP contribution in [0.15, 0.2) is 23.1 Å². The van der Waals surface area contributed by atoms with E-state index >= 15 is 0 Å². The molecule has 5 nitrogen and oxygen atoms in total. The number of nitrogens with zero attached hydrogens (tertiary/aromatic N) is 2. The number of aliphatic hydroxyl groups is 1. The molecule has 0 saturated carbocycles. The first-order chi connectivity index (χ1) is 9.86. The van der Waals surface area contributed by atoms with Crippen LogP contribution in [0.25, 0.3) is 0 Å². The molecule has 0 radical (unpaired) electrons.